The highest BCUT2D eigenvalue weighted by atomic mass is 16.6. The van der Waals surface area contributed by atoms with E-state index in [0.29, 0.717) is 77.6 Å². The van der Waals surface area contributed by atoms with Crippen molar-refractivity contribution in [3.8, 4) is 0 Å². The third kappa shape index (κ3) is 51.1. The molecule has 0 rings (SSSR count). The Morgan fingerprint density at radius 1 is 0.380 bits per heavy atom. The van der Waals surface area contributed by atoms with Gasteiger partial charge >= 0.3 is 35.8 Å². The Labute approximate surface area is 430 Å². The summed E-state index contributed by atoms with van der Waals surface area (Å²) >= 11 is 0. The van der Waals surface area contributed by atoms with Gasteiger partial charge in [-0.1, -0.05) is 124 Å². The molecule has 0 aromatic heterocycles. The first-order chi connectivity index (χ1) is 34.4. The van der Waals surface area contributed by atoms with Crippen molar-refractivity contribution in [1.82, 2.24) is 4.90 Å². The topological polar surface area (TPSA) is 198 Å². The van der Waals surface area contributed by atoms with Gasteiger partial charge in [-0.05, 0) is 104 Å². The number of aliphatic hydroxyl groups excluding tert-OH is 1. The first kappa shape index (κ1) is 69.5. The maximum absolute atomic E-state index is 12.7. The lowest BCUT2D eigenvalue weighted by atomic mass is 9.96. The number of hydrogen-bond donors (Lipinski definition) is 1. The van der Waals surface area contributed by atoms with Gasteiger partial charge in [0.2, 0.25) is 0 Å². The van der Waals surface area contributed by atoms with E-state index in [9.17, 15) is 33.6 Å². The van der Waals surface area contributed by atoms with E-state index in [2.05, 4.69) is 20.8 Å². The molecule has 15 nitrogen and oxygen atoms in total. The lowest BCUT2D eigenvalue weighted by molar-refractivity contribution is -0.174. The Hall–Kier alpha value is -3.59. The summed E-state index contributed by atoms with van der Waals surface area (Å²) < 4.78 is 31.8. The summed E-state index contributed by atoms with van der Waals surface area (Å²) in [7, 11) is 3.56. The molecular weight excluding hydrogens is 911 g/mol. The molecule has 416 valence electrons. The molecule has 0 aromatic rings. The van der Waals surface area contributed by atoms with Crippen LogP contribution in [0.2, 0.25) is 0 Å². The van der Waals surface area contributed by atoms with E-state index in [4.69, 9.17) is 33.5 Å². The second-order valence-electron chi connectivity index (χ2n) is 19.2. The number of rotatable bonds is 50. The monoisotopic (exact) mass is 1010 g/mol. The zero-order valence-electron chi connectivity index (χ0n) is 45.7. The Balaban J connectivity index is 0. The minimum absolute atomic E-state index is 0.0323. The van der Waals surface area contributed by atoms with Gasteiger partial charge in [0.15, 0.2) is 11.9 Å². The van der Waals surface area contributed by atoms with Crippen molar-refractivity contribution in [3.63, 3.8) is 0 Å². The molecule has 0 amide bonds. The standard InChI is InChI=1S/C41H73NO11.C15H30O3/c1-5-7-9-11-13-19-25-36(44)49-29-21-15-17-23-31-51-39(47)33-41(35-43,53-38(46)27-28-42(3)4)34-40(48)52-32-24-18-16-22-30-50-37(45)26-20-14-12-10-8-6-2;1-2-3-4-5-6-9-12-15(17)18-14-11-8-7-10-13-16/h35H,5-34H2,1-4H3;16H,2-14H2,1H3. The molecule has 0 unspecified atom stereocenters. The fourth-order valence-electron chi connectivity index (χ4n) is 7.40. The predicted molar refractivity (Wildman–Crippen MR) is 279 cm³/mol. The van der Waals surface area contributed by atoms with Crippen LogP contribution in [0.4, 0.5) is 0 Å². The van der Waals surface area contributed by atoms with Crippen molar-refractivity contribution in [2.75, 3.05) is 60.3 Å². The van der Waals surface area contributed by atoms with Gasteiger partial charge in [-0.25, -0.2) is 0 Å². The van der Waals surface area contributed by atoms with Crippen molar-refractivity contribution in [1.29, 1.82) is 0 Å². The molecule has 15 heteroatoms. The van der Waals surface area contributed by atoms with E-state index in [-0.39, 0.29) is 44.1 Å². The van der Waals surface area contributed by atoms with Gasteiger partial charge in [-0.3, -0.25) is 33.6 Å². The summed E-state index contributed by atoms with van der Waals surface area (Å²) in [4.78, 5) is 87.2. The fraction of sp³-hybridized carbons (Fsp3) is 0.875. The second kappa shape index (κ2) is 52.7. The third-order valence-electron chi connectivity index (χ3n) is 11.8. The van der Waals surface area contributed by atoms with E-state index >= 15 is 0 Å². The zero-order valence-corrected chi connectivity index (χ0v) is 45.7. The number of esters is 6. The molecule has 0 bridgehead atoms. The number of hydrogen-bond acceptors (Lipinski definition) is 15. The van der Waals surface area contributed by atoms with E-state index in [1.165, 1.54) is 64.2 Å². The molecule has 0 fully saturated rings. The molecule has 0 radical (unpaired) electrons. The maximum atomic E-state index is 12.7. The molecule has 0 aliphatic heterocycles. The van der Waals surface area contributed by atoms with E-state index in [1.807, 2.05) is 0 Å². The Bertz CT molecular complexity index is 1230. The van der Waals surface area contributed by atoms with Crippen LogP contribution >= 0.6 is 0 Å². The summed E-state index contributed by atoms with van der Waals surface area (Å²) in [5, 5.41) is 8.60. The highest BCUT2D eigenvalue weighted by Gasteiger charge is 2.40. The highest BCUT2D eigenvalue weighted by molar-refractivity contribution is 5.86. The number of carbonyl (C=O) groups is 7. The largest absolute Gasteiger partial charge is 0.466 e. The summed E-state index contributed by atoms with van der Waals surface area (Å²) in [6, 6.07) is 0. The fourth-order valence-corrected chi connectivity index (χ4v) is 7.40. The lowest BCUT2D eigenvalue weighted by Crippen LogP contribution is -2.42. The van der Waals surface area contributed by atoms with Crippen LogP contribution in [-0.2, 0) is 62.0 Å². The summed E-state index contributed by atoms with van der Waals surface area (Å²) in [5.41, 5.74) is -2.03. The van der Waals surface area contributed by atoms with Crippen molar-refractivity contribution in [2.45, 2.75) is 258 Å². The summed E-state index contributed by atoms with van der Waals surface area (Å²) in [6.07, 6.45) is 30.6. The van der Waals surface area contributed by atoms with Crippen LogP contribution in [0.15, 0.2) is 0 Å². The number of aldehydes is 1. The molecule has 1 N–H and O–H groups in total. The van der Waals surface area contributed by atoms with E-state index in [0.717, 1.165) is 103 Å². The van der Waals surface area contributed by atoms with Crippen LogP contribution in [0, 0.1) is 0 Å². The molecule has 0 aromatic carbocycles. The minimum Gasteiger partial charge on any atom is -0.466 e. The van der Waals surface area contributed by atoms with Gasteiger partial charge in [0.1, 0.15) is 0 Å². The molecule has 71 heavy (non-hydrogen) atoms. The number of nitrogens with zero attached hydrogens (tertiary/aromatic N) is 1. The van der Waals surface area contributed by atoms with Crippen molar-refractivity contribution >= 4 is 42.1 Å². The average Bonchev–Trinajstić information content (AvgIpc) is 3.34. The predicted octanol–water partition coefficient (Wildman–Crippen LogP) is 11.8. The normalized spacial score (nSPS) is 11.1. The van der Waals surface area contributed by atoms with Crippen molar-refractivity contribution in [2.24, 2.45) is 0 Å². The first-order valence-corrected chi connectivity index (χ1v) is 28.1. The van der Waals surface area contributed by atoms with Crippen molar-refractivity contribution < 1.29 is 67.1 Å². The lowest BCUT2D eigenvalue weighted by Gasteiger charge is -2.26. The van der Waals surface area contributed by atoms with Crippen molar-refractivity contribution in [3.05, 3.63) is 0 Å². The number of carbonyl (C=O) groups excluding carboxylic acids is 7. The van der Waals surface area contributed by atoms with Gasteiger partial charge in [-0.2, -0.15) is 0 Å². The van der Waals surface area contributed by atoms with Crippen LogP contribution in [0.25, 0.3) is 0 Å². The second-order valence-corrected chi connectivity index (χ2v) is 19.2. The summed E-state index contributed by atoms with van der Waals surface area (Å²) in [6.45, 7) is 8.65. The van der Waals surface area contributed by atoms with Crippen LogP contribution < -0.4 is 0 Å². The molecule has 0 aliphatic rings. The maximum Gasteiger partial charge on any atom is 0.310 e. The quantitative estimate of drug-likeness (QED) is 0.0261. The number of unbranched alkanes of at least 4 members (excludes halogenated alkanes) is 24. The Morgan fingerprint density at radius 2 is 0.662 bits per heavy atom. The Kier molecular flexibility index (Phi) is 51.6. The average molecular weight is 1010 g/mol. The van der Waals surface area contributed by atoms with Crippen LogP contribution in [-0.4, -0.2) is 118 Å². The highest BCUT2D eigenvalue weighted by Crippen LogP contribution is 2.22. The van der Waals surface area contributed by atoms with Crippen LogP contribution in [0.1, 0.15) is 252 Å². The van der Waals surface area contributed by atoms with E-state index < -0.39 is 36.4 Å². The number of ether oxygens (including phenoxy) is 6. The smallest absolute Gasteiger partial charge is 0.310 e. The third-order valence-corrected chi connectivity index (χ3v) is 11.8. The molecule has 0 heterocycles. The summed E-state index contributed by atoms with van der Waals surface area (Å²) in [5.74, 6) is -2.61. The molecule has 0 saturated heterocycles. The minimum atomic E-state index is -2.03. The first-order valence-electron chi connectivity index (χ1n) is 28.1. The molecule has 0 saturated carbocycles. The van der Waals surface area contributed by atoms with Crippen LogP contribution in [0.3, 0.4) is 0 Å². The zero-order chi connectivity index (χ0) is 52.9. The molecule has 0 aliphatic carbocycles. The van der Waals surface area contributed by atoms with Gasteiger partial charge in [0.25, 0.3) is 0 Å². The molecular formula is C56H103NO14. The SMILES string of the molecule is CCCCCCCCC(=O)OCCCCCCO.CCCCCCCCC(=O)OCCCCCCOC(=O)CC(C=O)(CC(=O)OCCCCCCOC(=O)CCCCCCCC)OC(=O)CCN(C)C. The van der Waals surface area contributed by atoms with E-state index in [1.54, 1.807) is 19.0 Å². The van der Waals surface area contributed by atoms with Crippen LogP contribution in [0.5, 0.6) is 0 Å². The molecule has 0 atom stereocenters. The van der Waals surface area contributed by atoms with Gasteiger partial charge < -0.3 is 38.4 Å². The van der Waals surface area contributed by atoms with Gasteiger partial charge in [0, 0.05) is 32.4 Å². The van der Waals surface area contributed by atoms with Gasteiger partial charge in [0.05, 0.1) is 52.3 Å². The Morgan fingerprint density at radius 3 is 0.958 bits per heavy atom. The number of aliphatic hydroxyl groups is 1. The molecule has 0 spiro atoms. The van der Waals surface area contributed by atoms with Gasteiger partial charge in [-0.15, -0.1) is 0 Å².